The normalized spacial score (nSPS) is 5.40. The number of halogens is 1. The summed E-state index contributed by atoms with van der Waals surface area (Å²) in [5.41, 5.74) is 0. The standard InChI is InChI=1S/C6H5.CH4O.ClH.Zr/c1-2-4-6-5-3-1;1-2;;/h1-5H;2H,1H3;1H;/q-1;;;+2/p-1. The SMILES string of the molecule is CO.[Cl-].[Zr+2].[c-]1ccccc1. The number of rotatable bonds is 0. The third kappa shape index (κ3) is 11.2. The van der Waals surface area contributed by atoms with E-state index in [0.29, 0.717) is 0 Å². The molecule has 0 aliphatic heterocycles. The fraction of sp³-hybridized carbons (Fsp3) is 0.143. The molecule has 0 saturated heterocycles. The van der Waals surface area contributed by atoms with Gasteiger partial charge in [0.15, 0.2) is 0 Å². The Hall–Kier alpha value is 0.353. The van der Waals surface area contributed by atoms with Crippen molar-refractivity contribution < 1.29 is 43.7 Å². The third-order valence-corrected chi connectivity index (χ3v) is 0.607. The molecule has 1 nitrogen and oxygen atoms in total. The van der Waals surface area contributed by atoms with Crippen LogP contribution in [-0.4, -0.2) is 12.2 Å². The van der Waals surface area contributed by atoms with Gasteiger partial charge >= 0.3 is 26.2 Å². The molecular formula is C7H9ClOZr. The monoisotopic (exact) mass is 234 g/mol. The molecule has 1 rings (SSSR count). The van der Waals surface area contributed by atoms with Crippen LogP contribution in [0.4, 0.5) is 0 Å². The molecular weight excluding hydrogens is 227 g/mol. The van der Waals surface area contributed by atoms with Crippen LogP contribution in [0.3, 0.4) is 0 Å². The van der Waals surface area contributed by atoms with Gasteiger partial charge in [0.2, 0.25) is 0 Å². The first-order valence-corrected chi connectivity index (χ1v) is 2.36. The van der Waals surface area contributed by atoms with E-state index in [0.717, 1.165) is 7.11 Å². The Morgan fingerprint density at radius 2 is 1.40 bits per heavy atom. The van der Waals surface area contributed by atoms with Crippen LogP contribution in [-0.2, 0) is 26.2 Å². The van der Waals surface area contributed by atoms with Crippen LogP contribution >= 0.6 is 0 Å². The minimum absolute atomic E-state index is 0. The second-order valence-electron chi connectivity index (χ2n) is 1.08. The Kier molecular flexibility index (Phi) is 27.1. The molecule has 0 fully saturated rings. The van der Waals surface area contributed by atoms with Crippen LogP contribution in [0.25, 0.3) is 0 Å². The molecule has 0 heterocycles. The third-order valence-electron chi connectivity index (χ3n) is 0.607. The Morgan fingerprint density at radius 3 is 1.50 bits per heavy atom. The predicted octanol–water partition coefficient (Wildman–Crippen LogP) is -1.90. The van der Waals surface area contributed by atoms with E-state index < -0.39 is 0 Å². The van der Waals surface area contributed by atoms with E-state index in [1.165, 1.54) is 0 Å². The first kappa shape index (κ1) is 16.8. The van der Waals surface area contributed by atoms with Crippen molar-refractivity contribution in [2.45, 2.75) is 0 Å². The molecule has 3 heteroatoms. The van der Waals surface area contributed by atoms with Crippen molar-refractivity contribution in [2.75, 3.05) is 7.11 Å². The predicted molar refractivity (Wildman–Crippen MR) is 33.4 cm³/mol. The van der Waals surface area contributed by atoms with Gasteiger partial charge in [0, 0.05) is 7.11 Å². The molecule has 0 amide bonds. The van der Waals surface area contributed by atoms with Gasteiger partial charge < -0.3 is 17.5 Å². The van der Waals surface area contributed by atoms with E-state index in [1.54, 1.807) is 0 Å². The summed E-state index contributed by atoms with van der Waals surface area (Å²) < 4.78 is 0. The van der Waals surface area contributed by atoms with E-state index in [-0.39, 0.29) is 38.6 Å². The maximum atomic E-state index is 7.00. The van der Waals surface area contributed by atoms with Gasteiger partial charge in [-0.2, -0.15) is 36.4 Å². The summed E-state index contributed by atoms with van der Waals surface area (Å²) in [6.07, 6.45) is 0. The smallest absolute Gasteiger partial charge is 1.00 e. The topological polar surface area (TPSA) is 20.2 Å². The van der Waals surface area contributed by atoms with Crippen LogP contribution < -0.4 is 12.4 Å². The van der Waals surface area contributed by atoms with Gasteiger partial charge in [0.1, 0.15) is 0 Å². The van der Waals surface area contributed by atoms with Crippen molar-refractivity contribution in [1.82, 2.24) is 0 Å². The van der Waals surface area contributed by atoms with Crippen molar-refractivity contribution in [3.05, 3.63) is 36.4 Å². The zero-order valence-corrected chi connectivity index (χ0v) is 8.93. The summed E-state index contributed by atoms with van der Waals surface area (Å²) in [5.74, 6) is 0. The van der Waals surface area contributed by atoms with E-state index in [4.69, 9.17) is 5.11 Å². The van der Waals surface area contributed by atoms with Crippen molar-refractivity contribution in [3.63, 3.8) is 0 Å². The van der Waals surface area contributed by atoms with Gasteiger partial charge in [-0.25, -0.2) is 0 Å². The summed E-state index contributed by atoms with van der Waals surface area (Å²) >= 11 is 0. The maximum absolute atomic E-state index is 7.00. The molecule has 0 spiro atoms. The average molecular weight is 236 g/mol. The summed E-state index contributed by atoms with van der Waals surface area (Å²) in [6, 6.07) is 12.5. The van der Waals surface area contributed by atoms with Crippen LogP contribution in [0.5, 0.6) is 0 Å². The average Bonchev–Trinajstić information content (AvgIpc) is 1.96. The van der Waals surface area contributed by atoms with Gasteiger partial charge in [-0.3, -0.25) is 0 Å². The fourth-order valence-corrected chi connectivity index (χ4v) is 0.342. The molecule has 0 atom stereocenters. The molecule has 0 saturated carbocycles. The molecule has 54 valence electrons. The molecule has 0 radical (unpaired) electrons. The van der Waals surface area contributed by atoms with Gasteiger partial charge in [0.05, 0.1) is 0 Å². The minimum Gasteiger partial charge on any atom is -1.00 e. The second kappa shape index (κ2) is 16.2. The fourth-order valence-electron chi connectivity index (χ4n) is 0.342. The Balaban J connectivity index is -0.000000114. The Morgan fingerprint density at radius 1 is 1.00 bits per heavy atom. The van der Waals surface area contributed by atoms with Crippen LogP contribution in [0, 0.1) is 6.07 Å². The molecule has 0 bridgehead atoms. The van der Waals surface area contributed by atoms with Gasteiger partial charge in [0.25, 0.3) is 0 Å². The Labute approximate surface area is 87.0 Å². The van der Waals surface area contributed by atoms with Gasteiger partial charge in [-0.05, 0) is 0 Å². The van der Waals surface area contributed by atoms with Crippen LogP contribution in [0.1, 0.15) is 0 Å². The molecule has 0 aliphatic carbocycles. The molecule has 10 heavy (non-hydrogen) atoms. The Bertz CT molecular complexity index is 85.5. The van der Waals surface area contributed by atoms with Gasteiger partial charge in [-0.15, -0.1) is 0 Å². The number of benzene rings is 1. The number of hydrogen-bond acceptors (Lipinski definition) is 1. The van der Waals surface area contributed by atoms with E-state index in [2.05, 4.69) is 6.07 Å². The molecule has 1 aromatic carbocycles. The summed E-state index contributed by atoms with van der Waals surface area (Å²) in [7, 11) is 1.00. The second-order valence-corrected chi connectivity index (χ2v) is 1.08. The van der Waals surface area contributed by atoms with Crippen LogP contribution in [0.2, 0.25) is 0 Å². The van der Waals surface area contributed by atoms with Crippen LogP contribution in [0.15, 0.2) is 30.3 Å². The zero-order valence-electron chi connectivity index (χ0n) is 5.71. The largest absolute Gasteiger partial charge is 2.00 e. The van der Waals surface area contributed by atoms with E-state index >= 15 is 0 Å². The van der Waals surface area contributed by atoms with Crippen molar-refractivity contribution >= 4 is 0 Å². The first-order valence-electron chi connectivity index (χ1n) is 2.36. The molecule has 1 N–H and O–H groups in total. The van der Waals surface area contributed by atoms with Crippen molar-refractivity contribution in [3.8, 4) is 0 Å². The van der Waals surface area contributed by atoms with Gasteiger partial charge in [-0.1, -0.05) is 0 Å². The first-order chi connectivity index (χ1) is 4.00. The zero-order chi connectivity index (χ0) is 6.24. The molecule has 0 aromatic heterocycles. The summed E-state index contributed by atoms with van der Waals surface area (Å²) in [5, 5.41) is 7.00. The number of hydrogen-bond donors (Lipinski definition) is 1. The summed E-state index contributed by atoms with van der Waals surface area (Å²) in [4.78, 5) is 0. The maximum Gasteiger partial charge on any atom is 2.00 e. The summed E-state index contributed by atoms with van der Waals surface area (Å²) in [6.45, 7) is 0. The van der Waals surface area contributed by atoms with Crippen molar-refractivity contribution in [2.24, 2.45) is 0 Å². The molecule has 1 aromatic rings. The minimum atomic E-state index is 0. The quantitative estimate of drug-likeness (QED) is 0.521. The van der Waals surface area contributed by atoms with E-state index in [1.807, 2.05) is 30.3 Å². The molecule has 0 unspecified atom stereocenters. The molecule has 0 aliphatic rings. The number of aliphatic hydroxyl groups excluding tert-OH is 1. The number of aliphatic hydroxyl groups is 1. The van der Waals surface area contributed by atoms with Crippen molar-refractivity contribution in [1.29, 1.82) is 0 Å². The van der Waals surface area contributed by atoms with E-state index in [9.17, 15) is 0 Å².